The van der Waals surface area contributed by atoms with Crippen molar-refractivity contribution < 1.29 is 27.5 Å². The summed E-state index contributed by atoms with van der Waals surface area (Å²) in [5.41, 5.74) is -0.701. The van der Waals surface area contributed by atoms with Crippen LogP contribution in [0, 0.1) is 5.92 Å². The van der Waals surface area contributed by atoms with Crippen LogP contribution >= 0.6 is 11.6 Å². The molecule has 1 fully saturated rings. The maximum atomic E-state index is 12.9. The zero-order valence-corrected chi connectivity index (χ0v) is 17.7. The third-order valence-corrected chi connectivity index (χ3v) is 5.68. The Morgan fingerprint density at radius 3 is 2.58 bits per heavy atom. The molecular formula is C21H23ClF3N3O3. The summed E-state index contributed by atoms with van der Waals surface area (Å²) in [4.78, 5) is 24.5. The largest absolute Gasteiger partial charge is 0.461 e. The molecule has 1 amide bonds. The van der Waals surface area contributed by atoms with E-state index in [0.717, 1.165) is 31.0 Å². The van der Waals surface area contributed by atoms with Crippen LogP contribution in [0.15, 0.2) is 30.5 Å². The summed E-state index contributed by atoms with van der Waals surface area (Å²) in [5.74, 6) is -0.770. The van der Waals surface area contributed by atoms with E-state index in [2.05, 4.69) is 10.4 Å². The van der Waals surface area contributed by atoms with E-state index in [9.17, 15) is 22.8 Å². The van der Waals surface area contributed by atoms with Crippen molar-refractivity contribution in [1.29, 1.82) is 0 Å². The minimum absolute atomic E-state index is 0.0237. The Morgan fingerprint density at radius 1 is 1.23 bits per heavy atom. The molecule has 168 valence electrons. The Balaban J connectivity index is 1.56. The number of benzene rings is 1. The van der Waals surface area contributed by atoms with Crippen molar-refractivity contribution in [3.63, 3.8) is 0 Å². The van der Waals surface area contributed by atoms with Crippen LogP contribution in [0.4, 0.5) is 13.2 Å². The van der Waals surface area contributed by atoms with Crippen molar-refractivity contribution in [3.05, 3.63) is 52.3 Å². The van der Waals surface area contributed by atoms with Crippen LogP contribution < -0.4 is 5.32 Å². The molecule has 1 N–H and O–H groups in total. The minimum Gasteiger partial charge on any atom is -0.461 e. The standard InChI is InChI=1S/C21H23ClF3N3O3/c1-2-31-20(30)18-9-10-26-28(18)12-13-3-6-15(7-4-13)27-19(29)16-11-14(21(23,24)25)5-8-17(16)22/h5,8-11,13,15H,2-4,6-7,12H2,1H3,(H,27,29)/t13-,15-. The highest BCUT2D eigenvalue weighted by Crippen LogP contribution is 2.32. The van der Waals surface area contributed by atoms with Gasteiger partial charge in [0.1, 0.15) is 5.69 Å². The summed E-state index contributed by atoms with van der Waals surface area (Å²) < 4.78 is 45.5. The number of amides is 1. The third kappa shape index (κ3) is 5.78. The fourth-order valence-corrected chi connectivity index (χ4v) is 3.93. The molecule has 0 unspecified atom stereocenters. The average molecular weight is 458 g/mol. The predicted molar refractivity (Wildman–Crippen MR) is 108 cm³/mol. The van der Waals surface area contributed by atoms with E-state index in [-0.39, 0.29) is 29.2 Å². The molecule has 10 heteroatoms. The number of carbonyl (C=O) groups excluding carboxylic acids is 2. The second-order valence-electron chi connectivity index (χ2n) is 7.50. The topological polar surface area (TPSA) is 73.2 Å². The summed E-state index contributed by atoms with van der Waals surface area (Å²) >= 11 is 5.95. The molecule has 1 aliphatic rings. The van der Waals surface area contributed by atoms with Crippen molar-refractivity contribution in [1.82, 2.24) is 15.1 Å². The SMILES string of the molecule is CCOC(=O)c1ccnn1C[C@H]1CC[C@H](NC(=O)c2cc(C(F)(F)F)ccc2Cl)CC1. The van der Waals surface area contributed by atoms with Gasteiger partial charge in [-0.05, 0) is 62.8 Å². The van der Waals surface area contributed by atoms with Crippen LogP contribution in [-0.2, 0) is 17.5 Å². The number of alkyl halides is 3. The average Bonchev–Trinajstić information content (AvgIpc) is 3.17. The monoisotopic (exact) mass is 457 g/mol. The summed E-state index contributed by atoms with van der Waals surface area (Å²) in [6, 6.07) is 4.17. The molecule has 1 saturated carbocycles. The predicted octanol–water partition coefficient (Wildman–Crippen LogP) is 4.72. The number of halogens is 4. The minimum atomic E-state index is -4.55. The first-order valence-corrected chi connectivity index (χ1v) is 10.4. The third-order valence-electron chi connectivity index (χ3n) is 5.35. The molecule has 1 aromatic heterocycles. The number of ether oxygens (including phenoxy) is 1. The molecule has 0 saturated heterocycles. The van der Waals surface area contributed by atoms with Crippen LogP contribution in [0.25, 0.3) is 0 Å². The fraction of sp³-hybridized carbons (Fsp3) is 0.476. The lowest BCUT2D eigenvalue weighted by Crippen LogP contribution is -2.38. The molecule has 0 radical (unpaired) electrons. The Hall–Kier alpha value is -2.55. The lowest BCUT2D eigenvalue weighted by atomic mass is 9.86. The van der Waals surface area contributed by atoms with Gasteiger partial charge in [-0.25, -0.2) is 4.79 Å². The van der Waals surface area contributed by atoms with Crippen molar-refractivity contribution in [3.8, 4) is 0 Å². The fourth-order valence-electron chi connectivity index (χ4n) is 3.73. The first-order chi connectivity index (χ1) is 14.7. The van der Waals surface area contributed by atoms with E-state index in [1.165, 1.54) is 0 Å². The van der Waals surface area contributed by atoms with Crippen LogP contribution in [0.3, 0.4) is 0 Å². The molecule has 1 heterocycles. The number of hydrogen-bond donors (Lipinski definition) is 1. The Kier molecular flexibility index (Phi) is 7.25. The van der Waals surface area contributed by atoms with Gasteiger partial charge in [-0.15, -0.1) is 0 Å². The van der Waals surface area contributed by atoms with Crippen molar-refractivity contribution in [2.75, 3.05) is 6.61 Å². The molecule has 0 bridgehead atoms. The van der Waals surface area contributed by atoms with Crippen LogP contribution in [0.2, 0.25) is 5.02 Å². The van der Waals surface area contributed by atoms with E-state index in [1.807, 2.05) is 0 Å². The maximum absolute atomic E-state index is 12.9. The van der Waals surface area contributed by atoms with Gasteiger partial charge in [0.25, 0.3) is 5.91 Å². The van der Waals surface area contributed by atoms with Gasteiger partial charge in [0, 0.05) is 18.8 Å². The molecule has 31 heavy (non-hydrogen) atoms. The summed E-state index contributed by atoms with van der Waals surface area (Å²) in [6.07, 6.45) is -0.0950. The molecule has 0 atom stereocenters. The normalized spacial score (nSPS) is 19.1. The van der Waals surface area contributed by atoms with Gasteiger partial charge >= 0.3 is 12.1 Å². The summed E-state index contributed by atoms with van der Waals surface area (Å²) in [6.45, 7) is 2.58. The van der Waals surface area contributed by atoms with E-state index < -0.39 is 23.6 Å². The number of nitrogens with zero attached hydrogens (tertiary/aromatic N) is 2. The number of rotatable bonds is 6. The zero-order valence-electron chi connectivity index (χ0n) is 16.9. The van der Waals surface area contributed by atoms with E-state index >= 15 is 0 Å². The smallest absolute Gasteiger partial charge is 0.416 e. The first kappa shape index (κ1) is 23.1. The molecule has 1 aliphatic carbocycles. The quantitative estimate of drug-likeness (QED) is 0.637. The highest BCUT2D eigenvalue weighted by atomic mass is 35.5. The van der Waals surface area contributed by atoms with Crippen molar-refractivity contribution in [2.24, 2.45) is 5.92 Å². The molecule has 3 rings (SSSR count). The summed E-state index contributed by atoms with van der Waals surface area (Å²) in [7, 11) is 0. The van der Waals surface area contributed by atoms with Crippen molar-refractivity contribution in [2.45, 2.75) is 51.4 Å². The lowest BCUT2D eigenvalue weighted by molar-refractivity contribution is -0.137. The van der Waals surface area contributed by atoms with Crippen LogP contribution in [0.1, 0.15) is 59.0 Å². The van der Waals surface area contributed by atoms with Crippen molar-refractivity contribution >= 4 is 23.5 Å². The first-order valence-electron chi connectivity index (χ1n) is 10.1. The molecule has 6 nitrogen and oxygen atoms in total. The van der Waals surface area contributed by atoms with E-state index in [1.54, 1.807) is 23.9 Å². The highest BCUT2D eigenvalue weighted by molar-refractivity contribution is 6.33. The number of aromatic nitrogens is 2. The molecule has 1 aromatic carbocycles. The van der Waals surface area contributed by atoms with E-state index in [0.29, 0.717) is 25.1 Å². The number of esters is 1. The second kappa shape index (κ2) is 9.72. The lowest BCUT2D eigenvalue weighted by Gasteiger charge is -2.29. The molecular weight excluding hydrogens is 435 g/mol. The van der Waals surface area contributed by atoms with Crippen LogP contribution in [-0.4, -0.2) is 34.3 Å². The number of carbonyl (C=O) groups is 2. The van der Waals surface area contributed by atoms with Gasteiger partial charge in [0.15, 0.2) is 0 Å². The maximum Gasteiger partial charge on any atom is 0.416 e. The molecule has 0 aliphatic heterocycles. The van der Waals surface area contributed by atoms with Gasteiger partial charge in [-0.3, -0.25) is 9.48 Å². The molecule has 2 aromatic rings. The van der Waals surface area contributed by atoms with E-state index in [4.69, 9.17) is 16.3 Å². The van der Waals surface area contributed by atoms with Gasteiger partial charge in [-0.2, -0.15) is 18.3 Å². The second-order valence-corrected chi connectivity index (χ2v) is 7.91. The Labute approximate surface area is 182 Å². The zero-order chi connectivity index (χ0) is 22.6. The van der Waals surface area contributed by atoms with Crippen LogP contribution in [0.5, 0.6) is 0 Å². The number of nitrogens with one attached hydrogen (secondary N) is 1. The Morgan fingerprint density at radius 2 is 1.94 bits per heavy atom. The highest BCUT2D eigenvalue weighted by Gasteiger charge is 2.32. The summed E-state index contributed by atoms with van der Waals surface area (Å²) in [5, 5.41) is 6.97. The van der Waals surface area contributed by atoms with Gasteiger partial charge in [0.2, 0.25) is 0 Å². The molecule has 0 spiro atoms. The van der Waals surface area contributed by atoms with Gasteiger partial charge in [-0.1, -0.05) is 11.6 Å². The van der Waals surface area contributed by atoms with Gasteiger partial charge in [0.05, 0.1) is 22.8 Å². The number of hydrogen-bond acceptors (Lipinski definition) is 4. The van der Waals surface area contributed by atoms with Gasteiger partial charge < -0.3 is 10.1 Å². The Bertz CT molecular complexity index is 937.